The molecule has 1 aromatic rings. The van der Waals surface area contributed by atoms with Gasteiger partial charge in [-0.25, -0.2) is 0 Å². The summed E-state index contributed by atoms with van der Waals surface area (Å²) in [5.74, 6) is 1.07. The summed E-state index contributed by atoms with van der Waals surface area (Å²) in [6.45, 7) is 10.6. The Balaban J connectivity index is 1.68. The van der Waals surface area contributed by atoms with Crippen LogP contribution in [0.2, 0.25) is 0 Å². The molecule has 1 unspecified atom stereocenters. The van der Waals surface area contributed by atoms with Crippen molar-refractivity contribution < 1.29 is 5.11 Å². The van der Waals surface area contributed by atoms with Crippen molar-refractivity contribution in [1.29, 1.82) is 0 Å². The van der Waals surface area contributed by atoms with E-state index in [0.29, 0.717) is 6.04 Å². The number of aliphatic hydroxyl groups excluding tert-OH is 1. The minimum absolute atomic E-state index is 0.157. The van der Waals surface area contributed by atoms with Gasteiger partial charge in [-0.15, -0.1) is 10.2 Å². The molecule has 1 aromatic heterocycles. The fourth-order valence-corrected chi connectivity index (χ4v) is 3.05. The lowest BCUT2D eigenvalue weighted by molar-refractivity contribution is 0.150. The van der Waals surface area contributed by atoms with E-state index in [-0.39, 0.29) is 12.1 Å². The zero-order valence-corrected chi connectivity index (χ0v) is 13.5. The number of nitrogens with one attached hydrogen (secondary N) is 1. The summed E-state index contributed by atoms with van der Waals surface area (Å²) in [4.78, 5) is 2.44. The van der Waals surface area contributed by atoms with Crippen molar-refractivity contribution in [3.63, 3.8) is 0 Å². The Morgan fingerprint density at radius 2 is 2.19 bits per heavy atom. The van der Waals surface area contributed by atoms with Crippen molar-refractivity contribution >= 4 is 0 Å². The molecular formula is C15H29N5O. The summed E-state index contributed by atoms with van der Waals surface area (Å²) in [7, 11) is 0. The quantitative estimate of drug-likeness (QED) is 0.701. The average molecular weight is 295 g/mol. The van der Waals surface area contributed by atoms with Gasteiger partial charge in [0.2, 0.25) is 0 Å². The molecule has 2 heterocycles. The van der Waals surface area contributed by atoms with E-state index in [9.17, 15) is 5.11 Å². The third kappa shape index (κ3) is 4.76. The molecule has 0 aromatic carbocycles. The van der Waals surface area contributed by atoms with E-state index in [4.69, 9.17) is 0 Å². The van der Waals surface area contributed by atoms with Gasteiger partial charge in [0.1, 0.15) is 12.2 Å². The molecule has 0 fully saturated rings. The predicted molar refractivity (Wildman–Crippen MR) is 82.9 cm³/mol. The van der Waals surface area contributed by atoms with Crippen LogP contribution in [0.1, 0.15) is 45.9 Å². The third-order valence-electron chi connectivity index (χ3n) is 4.16. The van der Waals surface area contributed by atoms with Gasteiger partial charge in [0.05, 0.1) is 13.2 Å². The van der Waals surface area contributed by atoms with E-state index in [1.54, 1.807) is 0 Å². The fourth-order valence-electron chi connectivity index (χ4n) is 3.05. The van der Waals surface area contributed by atoms with Crippen molar-refractivity contribution in [2.75, 3.05) is 19.7 Å². The lowest BCUT2D eigenvalue weighted by Gasteiger charge is -2.32. The van der Waals surface area contributed by atoms with E-state index in [2.05, 4.69) is 45.8 Å². The highest BCUT2D eigenvalue weighted by Crippen LogP contribution is 2.16. The second kappa shape index (κ2) is 7.33. The normalized spacial score (nSPS) is 18.7. The monoisotopic (exact) mass is 295 g/mol. The highest BCUT2D eigenvalue weighted by atomic mass is 16.3. The lowest BCUT2D eigenvalue weighted by Crippen LogP contribution is -2.49. The first kappa shape index (κ1) is 16.4. The van der Waals surface area contributed by atoms with Crippen molar-refractivity contribution in [2.45, 2.75) is 64.7 Å². The minimum Gasteiger partial charge on any atom is -0.394 e. The minimum atomic E-state index is -0.157. The van der Waals surface area contributed by atoms with Gasteiger partial charge in [-0.3, -0.25) is 4.90 Å². The maximum Gasteiger partial charge on any atom is 0.147 e. The van der Waals surface area contributed by atoms with Crippen LogP contribution in [0.3, 0.4) is 0 Å². The molecule has 1 aliphatic heterocycles. The van der Waals surface area contributed by atoms with E-state index in [1.165, 1.54) is 0 Å². The maximum absolute atomic E-state index is 9.58. The van der Waals surface area contributed by atoms with E-state index < -0.39 is 0 Å². The molecule has 1 atom stereocenters. The number of rotatable bonds is 8. The second-order valence-electron chi connectivity index (χ2n) is 6.69. The van der Waals surface area contributed by atoms with Crippen molar-refractivity contribution in [3.05, 3.63) is 12.2 Å². The first-order valence-corrected chi connectivity index (χ1v) is 8.00. The standard InChI is InChI=1S/C15H29N5O/c1-13(2)17-15(3,11-21)6-4-5-7-19-8-9-20-12-16-18-14(20)10-19/h12-13,17,21H,4-11H2,1-3H3. The van der Waals surface area contributed by atoms with Crippen LogP contribution < -0.4 is 5.32 Å². The molecule has 0 spiro atoms. The molecule has 21 heavy (non-hydrogen) atoms. The van der Waals surface area contributed by atoms with Crippen molar-refractivity contribution in [2.24, 2.45) is 0 Å². The average Bonchev–Trinajstić information content (AvgIpc) is 2.90. The van der Waals surface area contributed by atoms with Crippen molar-refractivity contribution in [1.82, 2.24) is 25.0 Å². The largest absolute Gasteiger partial charge is 0.394 e. The highest BCUT2D eigenvalue weighted by molar-refractivity contribution is 4.90. The van der Waals surface area contributed by atoms with E-state index >= 15 is 0 Å². The molecule has 0 radical (unpaired) electrons. The topological polar surface area (TPSA) is 66.2 Å². The van der Waals surface area contributed by atoms with Crippen LogP contribution in [0.25, 0.3) is 0 Å². The van der Waals surface area contributed by atoms with Gasteiger partial charge in [-0.05, 0) is 26.3 Å². The summed E-state index contributed by atoms with van der Waals surface area (Å²) in [5, 5.41) is 21.2. The second-order valence-corrected chi connectivity index (χ2v) is 6.69. The molecule has 0 saturated carbocycles. The molecule has 6 heteroatoms. The van der Waals surface area contributed by atoms with E-state index in [0.717, 1.165) is 51.3 Å². The SMILES string of the molecule is CC(C)NC(C)(CO)CCCCN1CCn2cnnc2C1. The van der Waals surface area contributed by atoms with Gasteiger partial charge < -0.3 is 15.0 Å². The summed E-state index contributed by atoms with van der Waals surface area (Å²) >= 11 is 0. The summed E-state index contributed by atoms with van der Waals surface area (Å²) in [5.41, 5.74) is -0.157. The van der Waals surface area contributed by atoms with Gasteiger partial charge in [0, 0.05) is 24.7 Å². The Morgan fingerprint density at radius 1 is 1.38 bits per heavy atom. The first-order valence-electron chi connectivity index (χ1n) is 8.00. The zero-order valence-electron chi connectivity index (χ0n) is 13.5. The van der Waals surface area contributed by atoms with Gasteiger partial charge in [-0.1, -0.05) is 20.3 Å². The van der Waals surface area contributed by atoms with Gasteiger partial charge in [0.25, 0.3) is 0 Å². The van der Waals surface area contributed by atoms with Gasteiger partial charge in [0.15, 0.2) is 0 Å². The predicted octanol–water partition coefficient (Wildman–Crippen LogP) is 1.01. The van der Waals surface area contributed by atoms with Crippen LogP contribution in [-0.4, -0.2) is 56.0 Å². The number of aromatic nitrogens is 3. The maximum atomic E-state index is 9.58. The summed E-state index contributed by atoms with van der Waals surface area (Å²) in [6.07, 6.45) is 5.10. The fraction of sp³-hybridized carbons (Fsp3) is 0.867. The molecule has 120 valence electrons. The molecule has 0 bridgehead atoms. The van der Waals surface area contributed by atoms with Gasteiger partial charge in [-0.2, -0.15) is 0 Å². The third-order valence-corrected chi connectivity index (χ3v) is 4.16. The van der Waals surface area contributed by atoms with Crippen LogP contribution >= 0.6 is 0 Å². The number of nitrogens with zero attached hydrogens (tertiary/aromatic N) is 4. The molecule has 1 aliphatic rings. The first-order chi connectivity index (χ1) is 10.0. The number of aliphatic hydroxyl groups is 1. The smallest absolute Gasteiger partial charge is 0.147 e. The molecule has 0 saturated heterocycles. The van der Waals surface area contributed by atoms with Crippen LogP contribution in [0.5, 0.6) is 0 Å². The molecule has 6 nitrogen and oxygen atoms in total. The number of hydrogen-bond acceptors (Lipinski definition) is 5. The molecule has 0 aliphatic carbocycles. The van der Waals surface area contributed by atoms with E-state index in [1.807, 2.05) is 6.33 Å². The Morgan fingerprint density at radius 3 is 2.90 bits per heavy atom. The van der Waals surface area contributed by atoms with Crippen molar-refractivity contribution in [3.8, 4) is 0 Å². The van der Waals surface area contributed by atoms with Crippen LogP contribution in [0, 0.1) is 0 Å². The highest BCUT2D eigenvalue weighted by Gasteiger charge is 2.23. The van der Waals surface area contributed by atoms with Gasteiger partial charge >= 0.3 is 0 Å². The Bertz CT molecular complexity index is 433. The van der Waals surface area contributed by atoms with Crippen LogP contribution in [0.15, 0.2) is 6.33 Å². The molecule has 0 amide bonds. The molecule has 2 rings (SSSR count). The number of hydrogen-bond donors (Lipinski definition) is 2. The van der Waals surface area contributed by atoms with Crippen LogP contribution in [0.4, 0.5) is 0 Å². The summed E-state index contributed by atoms with van der Waals surface area (Å²) in [6, 6.07) is 0.399. The van der Waals surface area contributed by atoms with Crippen LogP contribution in [-0.2, 0) is 13.1 Å². The lowest BCUT2D eigenvalue weighted by atomic mass is 9.94. The number of unbranched alkanes of at least 4 members (excludes halogenated alkanes) is 1. The Kier molecular flexibility index (Phi) is 5.72. The zero-order chi connectivity index (χ0) is 15.3. The number of fused-ring (bicyclic) bond motifs is 1. The molecular weight excluding hydrogens is 266 g/mol. The Hall–Kier alpha value is -0.980. The molecule has 2 N–H and O–H groups in total. The summed E-state index contributed by atoms with van der Waals surface area (Å²) < 4.78 is 2.13. The Labute approximate surface area is 127 Å².